The van der Waals surface area contributed by atoms with E-state index in [2.05, 4.69) is 26.0 Å². The highest BCUT2D eigenvalue weighted by Gasteiger charge is 2.04. The summed E-state index contributed by atoms with van der Waals surface area (Å²) in [5, 5.41) is 19.5. The molecule has 3 N–H and O–H groups in total. The third kappa shape index (κ3) is 6.26. The molecular formula is C18H26N4O2S. The van der Waals surface area contributed by atoms with Gasteiger partial charge in [-0.15, -0.1) is 11.3 Å². The van der Waals surface area contributed by atoms with Crippen molar-refractivity contribution in [1.82, 2.24) is 15.6 Å². The number of thiazole rings is 1. The van der Waals surface area contributed by atoms with Gasteiger partial charge in [-0.05, 0) is 38.5 Å². The van der Waals surface area contributed by atoms with Crippen LogP contribution in [0.5, 0.6) is 11.5 Å². The quantitative estimate of drug-likeness (QED) is 0.497. The maximum atomic E-state index is 9.76. The van der Waals surface area contributed by atoms with Gasteiger partial charge in [-0.25, -0.2) is 9.98 Å². The minimum atomic E-state index is 0.151. The second kappa shape index (κ2) is 9.88. The van der Waals surface area contributed by atoms with Crippen LogP contribution in [0.25, 0.3) is 0 Å². The number of aliphatic imine (C=N–C) groups is 1. The number of aromatic hydroxyl groups is 1. The van der Waals surface area contributed by atoms with Gasteiger partial charge < -0.3 is 20.5 Å². The lowest BCUT2D eigenvalue weighted by atomic mass is 10.2. The largest absolute Gasteiger partial charge is 0.504 e. The molecule has 0 saturated carbocycles. The fourth-order valence-corrected chi connectivity index (χ4v) is 2.92. The normalized spacial score (nSPS) is 11.4. The first kappa shape index (κ1) is 19.1. The predicted molar refractivity (Wildman–Crippen MR) is 103 cm³/mol. The van der Waals surface area contributed by atoms with E-state index in [1.807, 2.05) is 32.9 Å². The van der Waals surface area contributed by atoms with E-state index in [0.717, 1.165) is 41.7 Å². The zero-order valence-corrected chi connectivity index (χ0v) is 15.8. The molecule has 0 aliphatic carbocycles. The molecule has 0 unspecified atom stereocenters. The van der Waals surface area contributed by atoms with E-state index in [1.165, 1.54) is 0 Å². The maximum Gasteiger partial charge on any atom is 0.191 e. The van der Waals surface area contributed by atoms with E-state index >= 15 is 0 Å². The Kier molecular flexibility index (Phi) is 7.53. The second-order valence-corrected chi connectivity index (χ2v) is 6.53. The van der Waals surface area contributed by atoms with Crippen LogP contribution in [-0.2, 0) is 13.0 Å². The molecule has 6 nitrogen and oxygen atoms in total. The lowest BCUT2D eigenvalue weighted by Crippen LogP contribution is -2.38. The Morgan fingerprint density at radius 2 is 2.16 bits per heavy atom. The molecule has 2 aromatic rings. The predicted octanol–water partition coefficient (Wildman–Crippen LogP) is 2.85. The molecular weight excluding hydrogens is 336 g/mol. The molecule has 0 radical (unpaired) electrons. The Labute approximate surface area is 153 Å². The molecule has 0 aliphatic heterocycles. The zero-order valence-electron chi connectivity index (χ0n) is 15.0. The molecule has 0 bridgehead atoms. The van der Waals surface area contributed by atoms with Crippen LogP contribution in [0.1, 0.15) is 30.1 Å². The van der Waals surface area contributed by atoms with Crippen LogP contribution >= 0.6 is 11.3 Å². The average Bonchev–Trinajstić information content (AvgIpc) is 3.01. The molecule has 1 aromatic carbocycles. The molecule has 1 heterocycles. The smallest absolute Gasteiger partial charge is 0.191 e. The number of rotatable bonds is 8. The summed E-state index contributed by atoms with van der Waals surface area (Å²) >= 11 is 1.67. The van der Waals surface area contributed by atoms with Gasteiger partial charge in [0.1, 0.15) is 0 Å². The van der Waals surface area contributed by atoms with Crippen LogP contribution in [0.15, 0.2) is 28.6 Å². The molecule has 25 heavy (non-hydrogen) atoms. The number of phenols is 1. The zero-order chi connectivity index (χ0) is 18.1. The van der Waals surface area contributed by atoms with Gasteiger partial charge in [-0.3, -0.25) is 0 Å². The summed E-state index contributed by atoms with van der Waals surface area (Å²) < 4.78 is 5.41. The van der Waals surface area contributed by atoms with Crippen molar-refractivity contribution in [1.29, 1.82) is 0 Å². The van der Waals surface area contributed by atoms with Gasteiger partial charge in [0.25, 0.3) is 0 Å². The van der Waals surface area contributed by atoms with Gasteiger partial charge in [0, 0.05) is 24.9 Å². The van der Waals surface area contributed by atoms with Crippen molar-refractivity contribution in [2.24, 2.45) is 4.99 Å². The highest BCUT2D eigenvalue weighted by atomic mass is 32.1. The van der Waals surface area contributed by atoms with Crippen LogP contribution in [0.3, 0.4) is 0 Å². The van der Waals surface area contributed by atoms with E-state index < -0.39 is 0 Å². The van der Waals surface area contributed by atoms with Gasteiger partial charge in [0.15, 0.2) is 17.5 Å². The molecule has 0 atom stereocenters. The SMILES string of the molecule is CCNC(=NCc1ccc(O)c(OCC)c1)NCCc1csc(C)n1. The molecule has 0 fully saturated rings. The lowest BCUT2D eigenvalue weighted by molar-refractivity contribution is 0.318. The summed E-state index contributed by atoms with van der Waals surface area (Å²) in [5.74, 6) is 1.41. The minimum absolute atomic E-state index is 0.151. The third-order valence-corrected chi connectivity index (χ3v) is 4.25. The first-order valence-electron chi connectivity index (χ1n) is 8.50. The number of nitrogens with one attached hydrogen (secondary N) is 2. The molecule has 2 rings (SSSR count). The van der Waals surface area contributed by atoms with Crippen LogP contribution in [0.4, 0.5) is 0 Å². The van der Waals surface area contributed by atoms with Crippen molar-refractivity contribution in [3.63, 3.8) is 0 Å². The van der Waals surface area contributed by atoms with E-state index in [1.54, 1.807) is 17.4 Å². The molecule has 7 heteroatoms. The van der Waals surface area contributed by atoms with Crippen LogP contribution in [0.2, 0.25) is 0 Å². The summed E-state index contributed by atoms with van der Waals surface area (Å²) in [6.45, 7) is 8.53. The summed E-state index contributed by atoms with van der Waals surface area (Å²) in [6.07, 6.45) is 0.864. The summed E-state index contributed by atoms with van der Waals surface area (Å²) in [7, 11) is 0. The number of hydrogen-bond acceptors (Lipinski definition) is 5. The Balaban J connectivity index is 1.93. The summed E-state index contributed by atoms with van der Waals surface area (Å²) in [4.78, 5) is 9.05. The summed E-state index contributed by atoms with van der Waals surface area (Å²) in [5.41, 5.74) is 2.08. The van der Waals surface area contributed by atoms with Crippen LogP contribution in [0, 0.1) is 6.92 Å². The van der Waals surface area contributed by atoms with Gasteiger partial charge in [0.05, 0.1) is 23.9 Å². The number of ether oxygens (including phenoxy) is 1. The maximum absolute atomic E-state index is 9.76. The second-order valence-electron chi connectivity index (χ2n) is 5.46. The fourth-order valence-electron chi connectivity index (χ4n) is 2.27. The Bertz CT molecular complexity index is 700. The highest BCUT2D eigenvalue weighted by molar-refractivity contribution is 7.09. The fraction of sp³-hybridized carbons (Fsp3) is 0.444. The third-order valence-electron chi connectivity index (χ3n) is 3.43. The number of nitrogens with zero attached hydrogens (tertiary/aromatic N) is 2. The molecule has 0 amide bonds. The highest BCUT2D eigenvalue weighted by Crippen LogP contribution is 2.27. The van der Waals surface area contributed by atoms with E-state index in [4.69, 9.17) is 4.74 Å². The van der Waals surface area contributed by atoms with Gasteiger partial charge in [-0.2, -0.15) is 0 Å². The number of phenolic OH excluding ortho intramolecular Hbond substituents is 1. The first-order valence-corrected chi connectivity index (χ1v) is 9.38. The Morgan fingerprint density at radius 1 is 1.32 bits per heavy atom. The monoisotopic (exact) mass is 362 g/mol. The van der Waals surface area contributed by atoms with Crippen molar-refractivity contribution in [3.8, 4) is 11.5 Å². The van der Waals surface area contributed by atoms with Crippen molar-refractivity contribution in [2.75, 3.05) is 19.7 Å². The van der Waals surface area contributed by atoms with E-state index in [9.17, 15) is 5.11 Å². The number of aromatic nitrogens is 1. The molecule has 1 aromatic heterocycles. The van der Waals surface area contributed by atoms with Crippen molar-refractivity contribution in [3.05, 3.63) is 39.8 Å². The molecule has 0 spiro atoms. The molecule has 0 saturated heterocycles. The van der Waals surface area contributed by atoms with Crippen molar-refractivity contribution >= 4 is 17.3 Å². The van der Waals surface area contributed by atoms with Crippen molar-refractivity contribution in [2.45, 2.75) is 33.7 Å². The van der Waals surface area contributed by atoms with Crippen molar-refractivity contribution < 1.29 is 9.84 Å². The average molecular weight is 362 g/mol. The van der Waals surface area contributed by atoms with Gasteiger partial charge in [-0.1, -0.05) is 6.07 Å². The Hall–Kier alpha value is -2.28. The standard InChI is InChI=1S/C18H26N4O2S/c1-4-19-18(20-9-8-15-12-25-13(3)22-15)21-11-14-6-7-16(23)17(10-14)24-5-2/h6-7,10,12,23H,4-5,8-9,11H2,1-3H3,(H2,19,20,21). The van der Waals surface area contributed by atoms with E-state index in [0.29, 0.717) is 18.9 Å². The molecule has 0 aliphatic rings. The minimum Gasteiger partial charge on any atom is -0.504 e. The number of benzene rings is 1. The van der Waals surface area contributed by atoms with Gasteiger partial charge >= 0.3 is 0 Å². The number of guanidine groups is 1. The lowest BCUT2D eigenvalue weighted by Gasteiger charge is -2.11. The van der Waals surface area contributed by atoms with Gasteiger partial charge in [0.2, 0.25) is 0 Å². The topological polar surface area (TPSA) is 78.8 Å². The Morgan fingerprint density at radius 3 is 2.84 bits per heavy atom. The number of hydrogen-bond donors (Lipinski definition) is 3. The molecule has 136 valence electrons. The van der Waals surface area contributed by atoms with Crippen LogP contribution in [-0.4, -0.2) is 35.7 Å². The van der Waals surface area contributed by atoms with Crippen LogP contribution < -0.4 is 15.4 Å². The number of aryl methyl sites for hydroxylation is 1. The first-order chi connectivity index (χ1) is 12.1. The summed E-state index contributed by atoms with van der Waals surface area (Å²) in [6, 6.07) is 5.31. The van der Waals surface area contributed by atoms with E-state index in [-0.39, 0.29) is 5.75 Å².